The molecular formula is C9H17N3O2S. The minimum atomic E-state index is -2.86. The van der Waals surface area contributed by atoms with Gasteiger partial charge in [0.25, 0.3) is 0 Å². The second-order valence-corrected chi connectivity index (χ2v) is 5.89. The molecule has 0 aliphatic rings. The standard InChI is InChI=1S/C9H17N3O2S/c1-15(13,14)6-2-5-12-8-9(3-4-10)7-11-12/h7-8H,2-6,10H2,1H3. The van der Waals surface area contributed by atoms with Crippen LogP contribution in [0.4, 0.5) is 0 Å². The third-order valence-electron chi connectivity index (χ3n) is 2.02. The van der Waals surface area contributed by atoms with E-state index in [1.54, 1.807) is 10.9 Å². The molecule has 0 unspecified atom stereocenters. The van der Waals surface area contributed by atoms with Crippen molar-refractivity contribution in [2.24, 2.45) is 5.73 Å². The Morgan fingerprint density at radius 1 is 1.53 bits per heavy atom. The van der Waals surface area contributed by atoms with Gasteiger partial charge in [-0.2, -0.15) is 5.10 Å². The van der Waals surface area contributed by atoms with E-state index >= 15 is 0 Å². The van der Waals surface area contributed by atoms with Crippen LogP contribution in [0.3, 0.4) is 0 Å². The summed E-state index contributed by atoms with van der Waals surface area (Å²) in [6.45, 7) is 1.24. The van der Waals surface area contributed by atoms with Crippen molar-refractivity contribution in [2.45, 2.75) is 19.4 Å². The van der Waals surface area contributed by atoms with Gasteiger partial charge in [-0.1, -0.05) is 0 Å². The lowest BCUT2D eigenvalue weighted by Crippen LogP contribution is -2.07. The van der Waals surface area contributed by atoms with E-state index in [1.807, 2.05) is 6.20 Å². The molecule has 1 rings (SSSR count). The van der Waals surface area contributed by atoms with Gasteiger partial charge in [0.15, 0.2) is 0 Å². The lowest BCUT2D eigenvalue weighted by atomic mass is 10.3. The number of aromatic nitrogens is 2. The van der Waals surface area contributed by atoms with Crippen molar-refractivity contribution in [2.75, 3.05) is 18.6 Å². The first-order valence-corrected chi connectivity index (χ1v) is 6.96. The molecule has 6 heteroatoms. The first-order chi connectivity index (χ1) is 7.01. The molecule has 0 aliphatic heterocycles. The second-order valence-electron chi connectivity index (χ2n) is 3.63. The molecular weight excluding hydrogens is 214 g/mol. The van der Waals surface area contributed by atoms with E-state index in [2.05, 4.69) is 5.10 Å². The molecule has 5 nitrogen and oxygen atoms in total. The molecule has 0 aliphatic carbocycles. The fourth-order valence-corrected chi connectivity index (χ4v) is 1.97. The van der Waals surface area contributed by atoms with Crippen LogP contribution in [0, 0.1) is 0 Å². The summed E-state index contributed by atoms with van der Waals surface area (Å²) >= 11 is 0. The molecule has 1 heterocycles. The molecule has 0 amide bonds. The number of nitrogens with two attached hydrogens (primary N) is 1. The number of rotatable bonds is 6. The fraction of sp³-hybridized carbons (Fsp3) is 0.667. The van der Waals surface area contributed by atoms with E-state index in [0.717, 1.165) is 12.0 Å². The number of hydrogen-bond acceptors (Lipinski definition) is 4. The van der Waals surface area contributed by atoms with Crippen molar-refractivity contribution in [3.8, 4) is 0 Å². The van der Waals surface area contributed by atoms with Gasteiger partial charge in [-0.15, -0.1) is 0 Å². The summed E-state index contributed by atoms with van der Waals surface area (Å²) in [4.78, 5) is 0. The van der Waals surface area contributed by atoms with E-state index in [4.69, 9.17) is 5.73 Å². The summed E-state index contributed by atoms with van der Waals surface area (Å²) in [5.74, 6) is 0.207. The Morgan fingerprint density at radius 3 is 2.87 bits per heavy atom. The summed E-state index contributed by atoms with van der Waals surface area (Å²) in [5, 5.41) is 4.12. The second kappa shape index (κ2) is 5.27. The Hall–Kier alpha value is -0.880. The monoisotopic (exact) mass is 231 g/mol. The van der Waals surface area contributed by atoms with Crippen LogP contribution in [-0.4, -0.2) is 36.8 Å². The van der Waals surface area contributed by atoms with Crippen LogP contribution >= 0.6 is 0 Å². The predicted molar refractivity (Wildman–Crippen MR) is 59.3 cm³/mol. The van der Waals surface area contributed by atoms with Gasteiger partial charge in [-0.05, 0) is 24.9 Å². The van der Waals surface area contributed by atoms with Crippen LogP contribution in [0.5, 0.6) is 0 Å². The predicted octanol–water partition coefficient (Wildman–Crippen LogP) is -0.181. The highest BCUT2D eigenvalue weighted by atomic mass is 32.2. The normalized spacial score (nSPS) is 11.9. The first kappa shape index (κ1) is 12.2. The van der Waals surface area contributed by atoms with Crippen molar-refractivity contribution >= 4 is 9.84 Å². The quantitative estimate of drug-likeness (QED) is 0.736. The van der Waals surface area contributed by atoms with Gasteiger partial charge in [0.1, 0.15) is 9.84 Å². The molecule has 0 saturated carbocycles. The minimum Gasteiger partial charge on any atom is -0.330 e. The lowest BCUT2D eigenvalue weighted by Gasteiger charge is -1.99. The highest BCUT2D eigenvalue weighted by Gasteiger charge is 2.02. The van der Waals surface area contributed by atoms with Crippen molar-refractivity contribution < 1.29 is 8.42 Å². The number of sulfone groups is 1. The van der Waals surface area contributed by atoms with Crippen molar-refractivity contribution in [3.05, 3.63) is 18.0 Å². The van der Waals surface area contributed by atoms with Crippen molar-refractivity contribution in [1.29, 1.82) is 0 Å². The van der Waals surface area contributed by atoms with Crippen LogP contribution in [0.1, 0.15) is 12.0 Å². The highest BCUT2D eigenvalue weighted by molar-refractivity contribution is 7.90. The van der Waals surface area contributed by atoms with Gasteiger partial charge in [0, 0.05) is 19.0 Å². The molecule has 0 atom stereocenters. The molecule has 0 saturated heterocycles. The average Bonchev–Trinajstić information content (AvgIpc) is 2.51. The Balaban J connectivity index is 2.38. The SMILES string of the molecule is CS(=O)(=O)CCCn1cc(CCN)cn1. The fourth-order valence-electron chi connectivity index (χ4n) is 1.31. The van der Waals surface area contributed by atoms with Gasteiger partial charge in [0.2, 0.25) is 0 Å². The van der Waals surface area contributed by atoms with E-state index < -0.39 is 9.84 Å². The maximum Gasteiger partial charge on any atom is 0.147 e. The zero-order valence-corrected chi connectivity index (χ0v) is 9.70. The zero-order chi connectivity index (χ0) is 11.3. The molecule has 0 aromatic carbocycles. The van der Waals surface area contributed by atoms with Gasteiger partial charge < -0.3 is 5.73 Å². The third kappa shape index (κ3) is 4.94. The molecule has 0 bridgehead atoms. The lowest BCUT2D eigenvalue weighted by molar-refractivity contribution is 0.576. The maximum absolute atomic E-state index is 10.9. The Kier molecular flexibility index (Phi) is 4.28. The molecule has 0 spiro atoms. The van der Waals surface area contributed by atoms with E-state index in [1.165, 1.54) is 6.26 Å². The van der Waals surface area contributed by atoms with Crippen LogP contribution < -0.4 is 5.73 Å². The summed E-state index contributed by atoms with van der Waals surface area (Å²) in [5.41, 5.74) is 6.50. The molecule has 1 aromatic heterocycles. The average molecular weight is 231 g/mol. The Morgan fingerprint density at radius 2 is 2.27 bits per heavy atom. The smallest absolute Gasteiger partial charge is 0.147 e. The van der Waals surface area contributed by atoms with Crippen molar-refractivity contribution in [3.63, 3.8) is 0 Å². The van der Waals surface area contributed by atoms with E-state index in [9.17, 15) is 8.42 Å². The van der Waals surface area contributed by atoms with E-state index in [0.29, 0.717) is 19.5 Å². The minimum absolute atomic E-state index is 0.207. The third-order valence-corrected chi connectivity index (χ3v) is 3.05. The van der Waals surface area contributed by atoms with Gasteiger partial charge in [-0.3, -0.25) is 4.68 Å². The summed E-state index contributed by atoms with van der Waals surface area (Å²) in [7, 11) is -2.86. The molecule has 2 N–H and O–H groups in total. The summed E-state index contributed by atoms with van der Waals surface area (Å²) in [6, 6.07) is 0. The topological polar surface area (TPSA) is 78.0 Å². The van der Waals surface area contributed by atoms with Crippen LogP contribution in [0.25, 0.3) is 0 Å². The van der Waals surface area contributed by atoms with Crippen LogP contribution in [0.2, 0.25) is 0 Å². The Bertz CT molecular complexity index is 397. The van der Waals surface area contributed by atoms with Crippen LogP contribution in [0.15, 0.2) is 12.4 Å². The highest BCUT2D eigenvalue weighted by Crippen LogP contribution is 2.00. The molecule has 15 heavy (non-hydrogen) atoms. The first-order valence-electron chi connectivity index (χ1n) is 4.90. The van der Waals surface area contributed by atoms with Crippen molar-refractivity contribution in [1.82, 2.24) is 9.78 Å². The molecule has 0 fully saturated rings. The van der Waals surface area contributed by atoms with Crippen LogP contribution in [-0.2, 0) is 22.8 Å². The molecule has 0 radical (unpaired) electrons. The van der Waals surface area contributed by atoms with Gasteiger partial charge >= 0.3 is 0 Å². The van der Waals surface area contributed by atoms with Gasteiger partial charge in [0.05, 0.1) is 11.9 Å². The summed E-state index contributed by atoms with van der Waals surface area (Å²) in [6.07, 6.45) is 6.34. The molecule has 1 aromatic rings. The Labute approximate surface area is 90.2 Å². The summed E-state index contributed by atoms with van der Waals surface area (Å²) < 4.78 is 23.5. The zero-order valence-electron chi connectivity index (χ0n) is 8.89. The van der Waals surface area contributed by atoms with Gasteiger partial charge in [-0.25, -0.2) is 8.42 Å². The number of nitrogens with zero attached hydrogens (tertiary/aromatic N) is 2. The number of hydrogen-bond donors (Lipinski definition) is 1. The molecule has 86 valence electrons. The van der Waals surface area contributed by atoms with E-state index in [-0.39, 0.29) is 5.75 Å². The number of aryl methyl sites for hydroxylation is 1. The maximum atomic E-state index is 10.9. The largest absolute Gasteiger partial charge is 0.330 e.